The fraction of sp³-hybridized carbons (Fsp3) is 0.280. The molecular weight excluding hydrogens is 452 g/mol. The Bertz CT molecular complexity index is 1210. The molecule has 0 spiro atoms. The highest BCUT2D eigenvalue weighted by atomic mass is 32.2. The summed E-state index contributed by atoms with van der Waals surface area (Å²) in [5.74, 6) is 1.44. The molecule has 0 radical (unpaired) electrons. The van der Waals surface area contributed by atoms with Gasteiger partial charge in [-0.05, 0) is 73.0 Å². The average Bonchev–Trinajstić information content (AvgIpc) is 3.22. The quantitative estimate of drug-likeness (QED) is 0.408. The molecule has 4 rings (SSSR count). The van der Waals surface area contributed by atoms with E-state index in [1.807, 2.05) is 31.2 Å². The molecule has 8 nitrogen and oxygen atoms in total. The number of amidine groups is 2. The molecule has 2 heterocycles. The zero-order valence-electron chi connectivity index (χ0n) is 19.3. The average molecular weight is 479 g/mol. The number of thioether (sulfide) groups is 1. The number of hydrogen-bond acceptors (Lipinski definition) is 7. The minimum absolute atomic E-state index is 0.0150. The fourth-order valence-corrected chi connectivity index (χ4v) is 4.41. The van der Waals surface area contributed by atoms with Gasteiger partial charge in [0.05, 0.1) is 12.7 Å². The van der Waals surface area contributed by atoms with E-state index < -0.39 is 5.91 Å². The van der Waals surface area contributed by atoms with Crippen LogP contribution in [0.4, 0.5) is 0 Å². The maximum atomic E-state index is 12.6. The van der Waals surface area contributed by atoms with Crippen molar-refractivity contribution in [2.45, 2.75) is 26.7 Å². The first-order valence-corrected chi connectivity index (χ1v) is 11.8. The summed E-state index contributed by atoms with van der Waals surface area (Å²) in [6.07, 6.45) is 3.34. The van der Waals surface area contributed by atoms with Gasteiger partial charge in [0.2, 0.25) is 5.17 Å². The number of benzene rings is 2. The summed E-state index contributed by atoms with van der Waals surface area (Å²) in [4.78, 5) is 16.7. The maximum absolute atomic E-state index is 12.6. The zero-order valence-corrected chi connectivity index (χ0v) is 20.1. The van der Waals surface area contributed by atoms with Crippen LogP contribution in [0.25, 0.3) is 6.08 Å². The summed E-state index contributed by atoms with van der Waals surface area (Å²) in [6, 6.07) is 13.2. The van der Waals surface area contributed by atoms with Crippen molar-refractivity contribution in [2.24, 2.45) is 10.1 Å². The molecule has 1 N–H and O–H groups in total. The number of hydrogen-bond donors (Lipinski definition) is 1. The van der Waals surface area contributed by atoms with E-state index >= 15 is 0 Å². The smallest absolute Gasteiger partial charge is 0.283 e. The Labute approximate surface area is 202 Å². The standard InChI is InChI=1S/C25H26N4O4S/c1-4-6-22-28-29-23(26)19(24(30)27-25(29)34-22)14-17-9-10-20(21(15-17)31-3)33-12-11-32-18-8-5-7-16(2)13-18/h5,7-10,13-15,26H,4,6,11-12H2,1-3H3/b19-14+,26-23?. The molecule has 2 aliphatic heterocycles. The molecule has 1 amide bonds. The van der Waals surface area contributed by atoms with Gasteiger partial charge in [-0.25, -0.2) is 0 Å². The maximum Gasteiger partial charge on any atom is 0.283 e. The first-order chi connectivity index (χ1) is 16.5. The summed E-state index contributed by atoms with van der Waals surface area (Å²) in [6.45, 7) is 4.80. The summed E-state index contributed by atoms with van der Waals surface area (Å²) in [5, 5.41) is 15.6. The molecule has 0 fully saturated rings. The van der Waals surface area contributed by atoms with Gasteiger partial charge in [0.25, 0.3) is 5.91 Å². The molecule has 34 heavy (non-hydrogen) atoms. The number of fused-ring (bicyclic) bond motifs is 1. The molecular formula is C25H26N4O4S. The van der Waals surface area contributed by atoms with Gasteiger partial charge in [0.1, 0.15) is 24.0 Å². The Morgan fingerprint density at radius 1 is 1.12 bits per heavy atom. The summed E-state index contributed by atoms with van der Waals surface area (Å²) in [5.41, 5.74) is 2.00. The van der Waals surface area contributed by atoms with Gasteiger partial charge in [-0.15, -0.1) is 0 Å². The van der Waals surface area contributed by atoms with Crippen LogP contribution in [0.2, 0.25) is 0 Å². The number of aryl methyl sites for hydroxylation is 1. The van der Waals surface area contributed by atoms with Gasteiger partial charge in [0, 0.05) is 0 Å². The minimum atomic E-state index is -0.454. The normalized spacial score (nSPS) is 16.3. The Morgan fingerprint density at radius 3 is 2.71 bits per heavy atom. The van der Waals surface area contributed by atoms with Gasteiger partial charge >= 0.3 is 0 Å². The van der Waals surface area contributed by atoms with Gasteiger partial charge in [0.15, 0.2) is 17.3 Å². The third-order valence-electron chi connectivity index (χ3n) is 5.06. The number of rotatable bonds is 9. The van der Waals surface area contributed by atoms with Crippen LogP contribution in [-0.4, -0.2) is 47.3 Å². The second kappa shape index (κ2) is 10.6. The lowest BCUT2D eigenvalue weighted by atomic mass is 10.1. The van der Waals surface area contributed by atoms with E-state index in [9.17, 15) is 4.79 Å². The number of carbonyl (C=O) groups excluding carboxylic acids is 1. The Balaban J connectivity index is 1.44. The summed E-state index contributed by atoms with van der Waals surface area (Å²) in [7, 11) is 1.55. The molecule has 2 aromatic rings. The lowest BCUT2D eigenvalue weighted by Gasteiger charge is -2.20. The van der Waals surface area contributed by atoms with Crippen molar-refractivity contribution in [3.8, 4) is 17.2 Å². The zero-order chi connectivity index (χ0) is 24.1. The van der Waals surface area contributed by atoms with Crippen molar-refractivity contribution in [1.82, 2.24) is 5.01 Å². The predicted molar refractivity (Wildman–Crippen MR) is 135 cm³/mol. The van der Waals surface area contributed by atoms with Gasteiger partial charge in [-0.1, -0.05) is 25.1 Å². The van der Waals surface area contributed by atoms with Crippen LogP contribution in [0, 0.1) is 12.3 Å². The minimum Gasteiger partial charge on any atom is -0.493 e. The molecule has 0 unspecified atom stereocenters. The Morgan fingerprint density at radius 2 is 1.94 bits per heavy atom. The van der Waals surface area contributed by atoms with Gasteiger partial charge in [-0.2, -0.15) is 15.1 Å². The van der Waals surface area contributed by atoms with Gasteiger partial charge in [-0.3, -0.25) is 10.2 Å². The largest absolute Gasteiger partial charge is 0.493 e. The van der Waals surface area contributed by atoms with Crippen molar-refractivity contribution >= 4 is 39.8 Å². The molecule has 176 valence electrons. The second-order valence-electron chi connectivity index (χ2n) is 7.69. The molecule has 0 saturated carbocycles. The van der Waals surface area contributed by atoms with Crippen molar-refractivity contribution in [3.05, 3.63) is 59.2 Å². The fourth-order valence-electron chi connectivity index (χ4n) is 3.42. The van der Waals surface area contributed by atoms with E-state index in [2.05, 4.69) is 17.0 Å². The Kier molecular flexibility index (Phi) is 7.32. The monoisotopic (exact) mass is 478 g/mol. The highest BCUT2D eigenvalue weighted by Crippen LogP contribution is 2.32. The number of nitrogens with zero attached hydrogens (tertiary/aromatic N) is 3. The van der Waals surface area contributed by atoms with Crippen LogP contribution in [0.1, 0.15) is 30.9 Å². The number of amides is 1. The van der Waals surface area contributed by atoms with Crippen molar-refractivity contribution in [3.63, 3.8) is 0 Å². The molecule has 0 bridgehead atoms. The van der Waals surface area contributed by atoms with Crippen LogP contribution in [0.15, 0.2) is 58.1 Å². The van der Waals surface area contributed by atoms with E-state index in [-0.39, 0.29) is 11.4 Å². The SMILES string of the molecule is CCCC1=NN2C(=N)/C(=C\c3ccc(OCCOc4cccc(C)c4)c(OC)c3)C(=O)N=C2S1. The molecule has 0 saturated heterocycles. The third-order valence-corrected chi connectivity index (χ3v) is 6.03. The number of ether oxygens (including phenoxy) is 3. The van der Waals surface area contributed by atoms with E-state index in [1.54, 1.807) is 31.4 Å². The van der Waals surface area contributed by atoms with Crippen molar-refractivity contribution < 1.29 is 19.0 Å². The van der Waals surface area contributed by atoms with Crippen molar-refractivity contribution in [2.75, 3.05) is 20.3 Å². The number of methoxy groups -OCH3 is 1. The van der Waals surface area contributed by atoms with E-state index in [4.69, 9.17) is 19.6 Å². The highest BCUT2D eigenvalue weighted by Gasteiger charge is 2.35. The van der Waals surface area contributed by atoms with Crippen LogP contribution in [0.5, 0.6) is 17.2 Å². The first-order valence-electron chi connectivity index (χ1n) is 11.0. The lowest BCUT2D eigenvalue weighted by molar-refractivity contribution is -0.114. The van der Waals surface area contributed by atoms with E-state index in [1.165, 1.54) is 16.8 Å². The van der Waals surface area contributed by atoms with E-state index in [0.29, 0.717) is 35.4 Å². The Hall–Kier alpha value is -3.59. The third kappa shape index (κ3) is 5.31. The molecule has 2 aliphatic rings. The molecule has 0 aliphatic carbocycles. The molecule has 9 heteroatoms. The van der Waals surface area contributed by atoms with Crippen LogP contribution >= 0.6 is 11.8 Å². The molecule has 0 atom stereocenters. The number of nitrogens with one attached hydrogen (secondary N) is 1. The number of aliphatic imine (C=N–C) groups is 1. The number of carbonyl (C=O) groups is 1. The number of hydrazone groups is 1. The first kappa shape index (κ1) is 23.6. The lowest BCUT2D eigenvalue weighted by Crippen LogP contribution is -2.35. The summed E-state index contributed by atoms with van der Waals surface area (Å²) < 4.78 is 17.0. The predicted octanol–water partition coefficient (Wildman–Crippen LogP) is 4.88. The van der Waals surface area contributed by atoms with Crippen LogP contribution in [0.3, 0.4) is 0 Å². The summed E-state index contributed by atoms with van der Waals surface area (Å²) >= 11 is 1.34. The topological polar surface area (TPSA) is 96.6 Å². The molecule has 2 aromatic carbocycles. The second-order valence-corrected chi connectivity index (χ2v) is 8.73. The van der Waals surface area contributed by atoms with Gasteiger partial charge < -0.3 is 14.2 Å². The van der Waals surface area contributed by atoms with Crippen LogP contribution < -0.4 is 14.2 Å². The van der Waals surface area contributed by atoms with E-state index in [0.717, 1.165) is 29.2 Å². The van der Waals surface area contributed by atoms with Crippen LogP contribution in [-0.2, 0) is 4.79 Å². The highest BCUT2D eigenvalue weighted by molar-refractivity contribution is 8.26. The molecule has 0 aromatic heterocycles. The van der Waals surface area contributed by atoms with Crippen molar-refractivity contribution in [1.29, 1.82) is 5.41 Å².